The molecule has 11 heteroatoms. The van der Waals surface area contributed by atoms with Crippen molar-refractivity contribution in [3.63, 3.8) is 0 Å². The summed E-state index contributed by atoms with van der Waals surface area (Å²) < 4.78 is 26.4. The number of thioether (sulfide) groups is 1. The van der Waals surface area contributed by atoms with Crippen LogP contribution in [0.1, 0.15) is 33.2 Å². The van der Waals surface area contributed by atoms with Crippen molar-refractivity contribution in [1.29, 1.82) is 0 Å². The molecule has 1 fully saturated rings. The molecule has 2 atom stereocenters. The van der Waals surface area contributed by atoms with Crippen molar-refractivity contribution >= 4 is 23.8 Å². The third kappa shape index (κ3) is 3.54. The fourth-order valence-corrected chi connectivity index (χ4v) is 6.20. The number of nitrogens with zero attached hydrogens (tertiary/aromatic N) is 3. The molecular weight excluding hydrogens is 489 g/mol. The number of pyridine rings is 1. The van der Waals surface area contributed by atoms with Gasteiger partial charge in [-0.3, -0.25) is 19.3 Å². The Balaban J connectivity index is 1.65. The molecule has 0 spiro atoms. The van der Waals surface area contributed by atoms with Gasteiger partial charge < -0.3 is 19.5 Å². The molecule has 3 aromatic rings. The highest BCUT2D eigenvalue weighted by Crippen LogP contribution is 2.44. The molecule has 9 nitrogen and oxygen atoms in total. The van der Waals surface area contributed by atoms with Crippen LogP contribution in [-0.4, -0.2) is 52.7 Å². The Bertz CT molecular complexity index is 1460. The maximum Gasteiger partial charge on any atom is 0.511 e. The normalized spacial score (nSPS) is 20.5. The largest absolute Gasteiger partial charge is 0.511 e. The van der Waals surface area contributed by atoms with Gasteiger partial charge in [0.25, 0.3) is 5.91 Å². The van der Waals surface area contributed by atoms with E-state index >= 15 is 0 Å². The number of amides is 1. The molecule has 0 saturated carbocycles. The average molecular weight is 510 g/mol. The number of carbonyl (C=O) groups excluding carboxylic acids is 1. The number of fused-ring (bicyclic) bond motifs is 4. The summed E-state index contributed by atoms with van der Waals surface area (Å²) in [6.07, 6.45) is -0.820. The summed E-state index contributed by atoms with van der Waals surface area (Å²) in [6.45, 7) is 0.727. The number of carboxylic acid groups (broad SMARTS) is 1. The lowest BCUT2D eigenvalue weighted by molar-refractivity contribution is -0.0197. The van der Waals surface area contributed by atoms with Crippen LogP contribution >= 0.6 is 11.8 Å². The first-order chi connectivity index (χ1) is 17.4. The number of hydrogen-bond donors (Lipinski definition) is 1. The van der Waals surface area contributed by atoms with E-state index in [1.165, 1.54) is 29.1 Å². The van der Waals surface area contributed by atoms with Crippen LogP contribution in [0.25, 0.3) is 0 Å². The Morgan fingerprint density at radius 3 is 2.81 bits per heavy atom. The van der Waals surface area contributed by atoms with Crippen LogP contribution in [0, 0.1) is 5.82 Å². The van der Waals surface area contributed by atoms with Gasteiger partial charge in [0, 0.05) is 29.5 Å². The number of ether oxygens (including phenoxy) is 2. The van der Waals surface area contributed by atoms with Gasteiger partial charge in [0.05, 0.1) is 19.3 Å². The van der Waals surface area contributed by atoms with Gasteiger partial charge in [0.2, 0.25) is 11.2 Å². The molecule has 1 aromatic heterocycles. The van der Waals surface area contributed by atoms with Gasteiger partial charge in [0.1, 0.15) is 12.0 Å². The first-order valence-corrected chi connectivity index (χ1v) is 12.3. The van der Waals surface area contributed by atoms with Crippen LogP contribution < -0.4 is 15.2 Å². The lowest BCUT2D eigenvalue weighted by Crippen LogP contribution is -2.66. The molecule has 2 aromatic carbocycles. The van der Waals surface area contributed by atoms with E-state index in [-0.39, 0.29) is 24.7 Å². The van der Waals surface area contributed by atoms with Crippen molar-refractivity contribution in [2.24, 2.45) is 0 Å². The summed E-state index contributed by atoms with van der Waals surface area (Å²) in [5.41, 5.74) is 1.66. The highest BCUT2D eigenvalue weighted by Gasteiger charge is 2.46. The molecule has 0 radical (unpaired) electrons. The Morgan fingerprint density at radius 2 is 1.97 bits per heavy atom. The molecule has 36 heavy (non-hydrogen) atoms. The highest BCUT2D eigenvalue weighted by atomic mass is 32.2. The van der Waals surface area contributed by atoms with Crippen LogP contribution in [0.4, 0.5) is 9.18 Å². The number of rotatable bonds is 2. The molecule has 1 saturated heterocycles. The van der Waals surface area contributed by atoms with E-state index in [0.717, 1.165) is 21.6 Å². The molecule has 4 heterocycles. The third-order valence-corrected chi connectivity index (χ3v) is 7.74. The minimum absolute atomic E-state index is 0.180. The summed E-state index contributed by atoms with van der Waals surface area (Å²) in [5.74, 6) is -0.885. The Kier molecular flexibility index (Phi) is 5.45. The lowest BCUT2D eigenvalue weighted by Gasteiger charge is -2.51. The lowest BCUT2D eigenvalue weighted by atomic mass is 9.93. The fourth-order valence-electron chi connectivity index (χ4n) is 5.12. The van der Waals surface area contributed by atoms with E-state index in [9.17, 15) is 23.9 Å². The molecule has 0 aliphatic carbocycles. The monoisotopic (exact) mass is 509 g/mol. The van der Waals surface area contributed by atoms with Gasteiger partial charge in [-0.25, -0.2) is 9.18 Å². The molecule has 0 unspecified atom stereocenters. The van der Waals surface area contributed by atoms with Crippen molar-refractivity contribution < 1.29 is 28.6 Å². The molecule has 184 valence electrons. The predicted octanol–water partition coefficient (Wildman–Crippen LogP) is 3.19. The van der Waals surface area contributed by atoms with E-state index in [0.29, 0.717) is 12.4 Å². The SMILES string of the molecule is O=C(O)Oc1c2n(ccc1=O)N([C@H]1c3ccc(F)cc3CSc3ccccc31)[C@@H]1COCCN1C2=O. The summed E-state index contributed by atoms with van der Waals surface area (Å²) >= 11 is 1.59. The fraction of sp³-hybridized carbons (Fsp3) is 0.240. The molecular formula is C25H20FN3O6S. The topological polar surface area (TPSA) is 101 Å². The minimum Gasteiger partial charge on any atom is -0.449 e. The summed E-state index contributed by atoms with van der Waals surface area (Å²) in [4.78, 5) is 40.2. The van der Waals surface area contributed by atoms with Crippen molar-refractivity contribution in [3.05, 3.63) is 93.2 Å². The predicted molar refractivity (Wildman–Crippen MR) is 127 cm³/mol. The van der Waals surface area contributed by atoms with Crippen LogP contribution in [0.2, 0.25) is 0 Å². The number of carbonyl (C=O) groups is 2. The summed E-state index contributed by atoms with van der Waals surface area (Å²) in [7, 11) is 0. The molecule has 3 aliphatic rings. The first-order valence-electron chi connectivity index (χ1n) is 11.3. The van der Waals surface area contributed by atoms with Gasteiger partial charge in [-0.15, -0.1) is 11.8 Å². The van der Waals surface area contributed by atoms with Crippen LogP contribution in [0.3, 0.4) is 0 Å². The van der Waals surface area contributed by atoms with Crippen molar-refractivity contribution in [1.82, 2.24) is 9.58 Å². The Morgan fingerprint density at radius 1 is 1.14 bits per heavy atom. The van der Waals surface area contributed by atoms with E-state index in [1.807, 2.05) is 29.3 Å². The zero-order valence-corrected chi connectivity index (χ0v) is 19.6. The standard InChI is InChI=1S/C25H20FN3O6S/c26-15-5-6-16-14(11-15)13-36-19-4-2-1-3-17(19)21(16)29-20-12-34-10-9-27(20)24(31)22-23(35-25(32)33)18(30)7-8-28(22)29/h1-8,11,20-21H,9-10,12-13H2,(H,32,33)/t20-,21+/m1/s1. The minimum atomic E-state index is -1.69. The zero-order chi connectivity index (χ0) is 25.0. The zero-order valence-electron chi connectivity index (χ0n) is 18.8. The van der Waals surface area contributed by atoms with Gasteiger partial charge in [-0.2, -0.15) is 0 Å². The number of benzene rings is 2. The summed E-state index contributed by atoms with van der Waals surface area (Å²) in [5, 5.41) is 11.2. The molecule has 1 amide bonds. The van der Waals surface area contributed by atoms with Crippen molar-refractivity contribution in [2.45, 2.75) is 22.9 Å². The smallest absolute Gasteiger partial charge is 0.449 e. The maximum atomic E-state index is 14.3. The second kappa shape index (κ2) is 8.68. The van der Waals surface area contributed by atoms with Crippen LogP contribution in [-0.2, 0) is 10.5 Å². The molecule has 6 rings (SSSR count). The quantitative estimate of drug-likeness (QED) is 0.526. The van der Waals surface area contributed by atoms with Gasteiger partial charge in [0.15, 0.2) is 5.69 Å². The second-order valence-corrected chi connectivity index (χ2v) is 9.59. The van der Waals surface area contributed by atoms with Gasteiger partial charge >= 0.3 is 6.16 Å². The van der Waals surface area contributed by atoms with Crippen LogP contribution in [0.15, 0.2) is 64.4 Å². The molecule has 1 N–H and O–H groups in total. The Labute approximate surface area is 208 Å². The van der Waals surface area contributed by atoms with E-state index in [1.54, 1.807) is 22.7 Å². The van der Waals surface area contributed by atoms with E-state index in [4.69, 9.17) is 9.47 Å². The van der Waals surface area contributed by atoms with E-state index < -0.39 is 35.4 Å². The average Bonchev–Trinajstić information content (AvgIpc) is 3.02. The van der Waals surface area contributed by atoms with Crippen molar-refractivity contribution in [2.75, 3.05) is 24.8 Å². The molecule has 0 bridgehead atoms. The second-order valence-electron chi connectivity index (χ2n) is 8.58. The van der Waals surface area contributed by atoms with Crippen LogP contribution in [0.5, 0.6) is 5.75 Å². The van der Waals surface area contributed by atoms with Gasteiger partial charge in [-0.05, 0) is 34.9 Å². The van der Waals surface area contributed by atoms with Gasteiger partial charge in [-0.1, -0.05) is 24.3 Å². The number of aromatic nitrogens is 1. The van der Waals surface area contributed by atoms with Crippen molar-refractivity contribution in [3.8, 4) is 5.75 Å². The summed E-state index contributed by atoms with van der Waals surface area (Å²) in [6, 6.07) is 13.1. The maximum absolute atomic E-state index is 14.3. The number of halogens is 1. The Hall–Kier alpha value is -3.83. The third-order valence-electron chi connectivity index (χ3n) is 6.61. The highest BCUT2D eigenvalue weighted by molar-refractivity contribution is 7.98. The van der Waals surface area contributed by atoms with E-state index in [2.05, 4.69) is 0 Å². The molecule has 3 aliphatic heterocycles. The number of hydrogen-bond acceptors (Lipinski definition) is 7. The first kappa shape index (κ1) is 22.6. The number of morpholine rings is 1.